The van der Waals surface area contributed by atoms with E-state index in [-0.39, 0.29) is 18.8 Å². The van der Waals surface area contributed by atoms with Crippen LogP contribution in [0.25, 0.3) is 15.4 Å². The van der Waals surface area contributed by atoms with Gasteiger partial charge in [-0.15, -0.1) is 11.3 Å². The molecule has 32 heavy (non-hydrogen) atoms. The highest BCUT2D eigenvalue weighted by atomic mass is 32.1. The number of benzene rings is 2. The average molecular weight is 471 g/mol. The first-order valence-corrected chi connectivity index (χ1v) is 9.98. The van der Waals surface area contributed by atoms with Crippen LogP contribution in [0.5, 0.6) is 5.75 Å². The Balaban J connectivity index is 1.73. The standard InChI is InChI=1S/C21H15F6N3OS/c1-28-18-7-4-15(12-17(18)21(25,26)27)30(13-20(22,23)24)9-10-31-16-5-2-14(3-6-16)19-29-8-11-32-19/h2-8,11-12H,9-10,13H2. The van der Waals surface area contributed by atoms with Crippen molar-refractivity contribution >= 4 is 22.7 Å². The molecule has 0 saturated carbocycles. The molecule has 1 aromatic heterocycles. The lowest BCUT2D eigenvalue weighted by molar-refractivity contribution is -0.136. The molecule has 0 saturated heterocycles. The SMILES string of the molecule is [C-]#[N+]c1ccc(N(CCOc2ccc(-c3nccs3)cc2)CC(F)(F)F)cc1C(F)(F)F. The first-order chi connectivity index (χ1) is 15.1. The maximum Gasteiger partial charge on any atom is 0.407 e. The summed E-state index contributed by atoms with van der Waals surface area (Å²) in [5.41, 5.74) is -1.41. The Hall–Kier alpha value is -3.26. The molecule has 0 fully saturated rings. The number of ether oxygens (including phenoxy) is 1. The maximum atomic E-state index is 13.2. The van der Waals surface area contributed by atoms with Crippen molar-refractivity contribution in [1.29, 1.82) is 0 Å². The molecule has 168 valence electrons. The molecule has 3 rings (SSSR count). The zero-order chi connectivity index (χ0) is 23.4. The first kappa shape index (κ1) is 23.4. The molecule has 11 heteroatoms. The van der Waals surface area contributed by atoms with Gasteiger partial charge >= 0.3 is 12.4 Å². The van der Waals surface area contributed by atoms with Crippen molar-refractivity contribution in [3.05, 3.63) is 71.0 Å². The normalized spacial score (nSPS) is 11.8. The summed E-state index contributed by atoms with van der Waals surface area (Å²) >= 11 is 1.45. The summed E-state index contributed by atoms with van der Waals surface area (Å²) in [5, 5.41) is 2.63. The van der Waals surface area contributed by atoms with Gasteiger partial charge in [0.1, 0.15) is 23.9 Å². The Morgan fingerprint density at radius 3 is 2.31 bits per heavy atom. The Labute approximate surface area is 183 Å². The highest BCUT2D eigenvalue weighted by Crippen LogP contribution is 2.39. The van der Waals surface area contributed by atoms with Crippen LogP contribution in [0, 0.1) is 6.57 Å². The molecular formula is C21H15F6N3OS. The molecule has 1 heterocycles. The average Bonchev–Trinajstić information content (AvgIpc) is 3.26. The van der Waals surface area contributed by atoms with Crippen molar-refractivity contribution in [3.8, 4) is 16.3 Å². The van der Waals surface area contributed by atoms with Crippen LogP contribution in [0.4, 0.5) is 37.7 Å². The number of alkyl halides is 6. The van der Waals surface area contributed by atoms with Crippen LogP contribution in [-0.4, -0.2) is 30.9 Å². The fourth-order valence-corrected chi connectivity index (χ4v) is 3.54. The molecule has 0 amide bonds. The van der Waals surface area contributed by atoms with Gasteiger partial charge in [-0.25, -0.2) is 9.83 Å². The molecule has 0 radical (unpaired) electrons. The van der Waals surface area contributed by atoms with Crippen LogP contribution in [0.15, 0.2) is 54.0 Å². The predicted molar refractivity (Wildman–Crippen MR) is 109 cm³/mol. The number of nitrogens with zero attached hydrogens (tertiary/aromatic N) is 3. The number of anilines is 1. The van der Waals surface area contributed by atoms with Crippen molar-refractivity contribution in [3.63, 3.8) is 0 Å². The van der Waals surface area contributed by atoms with Crippen molar-refractivity contribution in [2.75, 3.05) is 24.6 Å². The van der Waals surface area contributed by atoms with Gasteiger partial charge in [0.25, 0.3) is 0 Å². The summed E-state index contributed by atoms with van der Waals surface area (Å²) in [5.74, 6) is 0.400. The van der Waals surface area contributed by atoms with Crippen LogP contribution < -0.4 is 9.64 Å². The molecule has 0 unspecified atom stereocenters. The van der Waals surface area contributed by atoms with Crippen LogP contribution in [0.3, 0.4) is 0 Å². The van der Waals surface area contributed by atoms with Gasteiger partial charge in [-0.3, -0.25) is 0 Å². The Morgan fingerprint density at radius 1 is 1.03 bits per heavy atom. The number of rotatable bonds is 7. The minimum absolute atomic E-state index is 0.196. The number of aromatic nitrogens is 1. The lowest BCUT2D eigenvalue weighted by atomic mass is 10.1. The van der Waals surface area contributed by atoms with Gasteiger partial charge in [-0.2, -0.15) is 26.3 Å². The summed E-state index contributed by atoms with van der Waals surface area (Å²) in [6.07, 6.45) is -7.85. The molecule has 3 aromatic rings. The van der Waals surface area contributed by atoms with E-state index in [1.807, 2.05) is 5.38 Å². The third-order valence-corrected chi connectivity index (χ3v) is 5.13. The van der Waals surface area contributed by atoms with E-state index < -0.39 is 30.1 Å². The Morgan fingerprint density at radius 2 is 1.75 bits per heavy atom. The fraction of sp³-hybridized carbons (Fsp3) is 0.238. The maximum absolute atomic E-state index is 13.2. The van der Waals surface area contributed by atoms with E-state index in [1.54, 1.807) is 30.5 Å². The van der Waals surface area contributed by atoms with E-state index in [4.69, 9.17) is 11.3 Å². The topological polar surface area (TPSA) is 29.7 Å². The third kappa shape index (κ3) is 6.13. The van der Waals surface area contributed by atoms with Crippen molar-refractivity contribution < 1.29 is 31.1 Å². The van der Waals surface area contributed by atoms with Gasteiger partial charge in [0, 0.05) is 22.8 Å². The van der Waals surface area contributed by atoms with Gasteiger partial charge < -0.3 is 9.64 Å². The minimum Gasteiger partial charge on any atom is -0.492 e. The lowest BCUT2D eigenvalue weighted by Gasteiger charge is -2.27. The molecule has 0 atom stereocenters. The summed E-state index contributed by atoms with van der Waals surface area (Å²) < 4.78 is 84.3. The fourth-order valence-electron chi connectivity index (χ4n) is 2.89. The molecule has 0 bridgehead atoms. The van der Waals surface area contributed by atoms with Crippen LogP contribution in [0.2, 0.25) is 0 Å². The number of thiazole rings is 1. The van der Waals surface area contributed by atoms with Gasteiger partial charge in [-0.1, -0.05) is 6.07 Å². The summed E-state index contributed by atoms with van der Waals surface area (Å²) in [6, 6.07) is 9.26. The van der Waals surface area contributed by atoms with E-state index in [0.29, 0.717) is 11.8 Å². The molecule has 0 N–H and O–H groups in total. The molecular weight excluding hydrogens is 456 g/mol. The highest BCUT2D eigenvalue weighted by Gasteiger charge is 2.35. The zero-order valence-electron chi connectivity index (χ0n) is 16.2. The first-order valence-electron chi connectivity index (χ1n) is 9.10. The summed E-state index contributed by atoms with van der Waals surface area (Å²) in [7, 11) is 0. The molecule has 2 aromatic carbocycles. The van der Waals surface area contributed by atoms with Crippen LogP contribution >= 0.6 is 11.3 Å². The van der Waals surface area contributed by atoms with Crippen LogP contribution in [-0.2, 0) is 6.18 Å². The van der Waals surface area contributed by atoms with Gasteiger partial charge in [0.2, 0.25) is 0 Å². The summed E-state index contributed by atoms with van der Waals surface area (Å²) in [6.45, 7) is 4.88. The lowest BCUT2D eigenvalue weighted by Crippen LogP contribution is -2.37. The second-order valence-corrected chi connectivity index (χ2v) is 7.45. The number of halogens is 6. The van der Waals surface area contributed by atoms with E-state index in [2.05, 4.69) is 9.83 Å². The second kappa shape index (κ2) is 9.48. The van der Waals surface area contributed by atoms with E-state index in [9.17, 15) is 26.3 Å². The van der Waals surface area contributed by atoms with Gasteiger partial charge in [0.15, 0.2) is 5.69 Å². The van der Waals surface area contributed by atoms with E-state index in [1.165, 1.54) is 11.3 Å². The highest BCUT2D eigenvalue weighted by molar-refractivity contribution is 7.13. The van der Waals surface area contributed by atoms with Crippen LogP contribution in [0.1, 0.15) is 5.56 Å². The molecule has 0 aliphatic heterocycles. The minimum atomic E-state index is -4.87. The van der Waals surface area contributed by atoms with Gasteiger partial charge in [-0.05, 0) is 36.4 Å². The molecule has 0 aliphatic rings. The third-order valence-electron chi connectivity index (χ3n) is 4.30. The van der Waals surface area contributed by atoms with E-state index in [0.717, 1.165) is 27.6 Å². The van der Waals surface area contributed by atoms with Crippen molar-refractivity contribution in [2.45, 2.75) is 12.4 Å². The molecule has 0 spiro atoms. The summed E-state index contributed by atoms with van der Waals surface area (Å²) in [4.78, 5) is 7.71. The quantitative estimate of drug-likeness (QED) is 0.280. The second-order valence-electron chi connectivity index (χ2n) is 6.56. The van der Waals surface area contributed by atoms with Gasteiger partial charge in [0.05, 0.1) is 18.7 Å². The zero-order valence-corrected chi connectivity index (χ0v) is 17.1. The van der Waals surface area contributed by atoms with Crippen molar-refractivity contribution in [2.24, 2.45) is 0 Å². The Kier molecular flexibility index (Phi) is 6.93. The van der Waals surface area contributed by atoms with Crippen molar-refractivity contribution in [1.82, 2.24) is 4.98 Å². The largest absolute Gasteiger partial charge is 0.492 e. The predicted octanol–water partition coefficient (Wildman–Crippen LogP) is 6.83. The monoisotopic (exact) mass is 471 g/mol. The Bertz CT molecular complexity index is 1070. The smallest absolute Gasteiger partial charge is 0.407 e. The molecule has 4 nitrogen and oxygen atoms in total. The number of hydrogen-bond acceptors (Lipinski definition) is 4. The molecule has 0 aliphatic carbocycles. The number of hydrogen-bond donors (Lipinski definition) is 0. The van der Waals surface area contributed by atoms with E-state index >= 15 is 0 Å².